The molecule has 1 aromatic rings. The van der Waals surface area contributed by atoms with Gasteiger partial charge in [-0.2, -0.15) is 0 Å². The summed E-state index contributed by atoms with van der Waals surface area (Å²) >= 11 is 0. The van der Waals surface area contributed by atoms with E-state index in [-0.39, 0.29) is 29.8 Å². The van der Waals surface area contributed by atoms with Crippen molar-refractivity contribution in [3.05, 3.63) is 24.3 Å². The van der Waals surface area contributed by atoms with Crippen LogP contribution in [0, 0.1) is 0 Å². The molecule has 0 aromatic heterocycles. The third-order valence-corrected chi connectivity index (χ3v) is 5.46. The molecule has 0 saturated carbocycles. The van der Waals surface area contributed by atoms with Gasteiger partial charge in [0.05, 0.1) is 4.90 Å². The van der Waals surface area contributed by atoms with Crippen molar-refractivity contribution in [2.45, 2.75) is 50.5 Å². The van der Waals surface area contributed by atoms with Crippen LogP contribution in [0.5, 0.6) is 0 Å². The molecule has 1 aromatic carbocycles. The van der Waals surface area contributed by atoms with Crippen LogP contribution in [0.1, 0.15) is 40.0 Å². The van der Waals surface area contributed by atoms with Crippen molar-refractivity contribution < 1.29 is 13.2 Å². The molecule has 23 heavy (non-hydrogen) atoms. The Kier molecular flexibility index (Phi) is 8.76. The first-order valence-corrected chi connectivity index (χ1v) is 8.94. The topological polar surface area (TPSA) is 101 Å². The van der Waals surface area contributed by atoms with Gasteiger partial charge in [0.25, 0.3) is 0 Å². The number of nitrogens with one attached hydrogen (secondary N) is 2. The van der Waals surface area contributed by atoms with Crippen LogP contribution >= 0.6 is 12.4 Å². The first-order valence-electron chi connectivity index (χ1n) is 7.46. The predicted octanol–water partition coefficient (Wildman–Crippen LogP) is 2.25. The molecule has 0 atom stereocenters. The Bertz CT molecular complexity index is 591. The zero-order chi connectivity index (χ0) is 16.8. The standard InChI is InChI=1S/C15H25N3O3S.ClH/c1-4-14(19)17-12-7-9-13(10-8-12)22(20,21)18-15(5-2,6-3)11-16;/h7-10,18H,4-6,11,16H2,1-3H3,(H,17,19);1H. The monoisotopic (exact) mass is 363 g/mol. The summed E-state index contributed by atoms with van der Waals surface area (Å²) in [6.45, 7) is 5.80. The van der Waals surface area contributed by atoms with Crippen molar-refractivity contribution in [3.8, 4) is 0 Å². The summed E-state index contributed by atoms with van der Waals surface area (Å²) in [5.41, 5.74) is 5.67. The summed E-state index contributed by atoms with van der Waals surface area (Å²) < 4.78 is 27.6. The number of hydrogen-bond donors (Lipinski definition) is 3. The molecule has 0 fully saturated rings. The molecule has 0 spiro atoms. The molecule has 8 heteroatoms. The van der Waals surface area contributed by atoms with Gasteiger partial charge in [-0.15, -0.1) is 12.4 Å². The third kappa shape index (κ3) is 5.76. The zero-order valence-corrected chi connectivity index (χ0v) is 15.4. The number of carbonyl (C=O) groups excluding carboxylic acids is 1. The summed E-state index contributed by atoms with van der Waals surface area (Å²) in [5.74, 6) is -0.118. The van der Waals surface area contributed by atoms with Crippen LogP contribution in [0.4, 0.5) is 5.69 Å². The number of sulfonamides is 1. The van der Waals surface area contributed by atoms with E-state index < -0.39 is 15.6 Å². The number of rotatable bonds is 8. The molecule has 0 aliphatic heterocycles. The van der Waals surface area contributed by atoms with E-state index in [2.05, 4.69) is 10.0 Å². The molecule has 0 radical (unpaired) electrons. The molecule has 6 nitrogen and oxygen atoms in total. The number of amides is 1. The minimum Gasteiger partial charge on any atom is -0.329 e. The van der Waals surface area contributed by atoms with Gasteiger partial charge in [-0.25, -0.2) is 13.1 Å². The van der Waals surface area contributed by atoms with Crippen LogP contribution in [0.25, 0.3) is 0 Å². The van der Waals surface area contributed by atoms with E-state index in [1.165, 1.54) is 12.1 Å². The lowest BCUT2D eigenvalue weighted by molar-refractivity contribution is -0.115. The molecule has 0 unspecified atom stereocenters. The molecule has 132 valence electrons. The lowest BCUT2D eigenvalue weighted by Gasteiger charge is -2.31. The average Bonchev–Trinajstić information content (AvgIpc) is 2.53. The highest BCUT2D eigenvalue weighted by Crippen LogP contribution is 2.20. The van der Waals surface area contributed by atoms with E-state index >= 15 is 0 Å². The minimum absolute atomic E-state index is 0. The molecular weight excluding hydrogens is 338 g/mol. The summed E-state index contributed by atoms with van der Waals surface area (Å²) in [6.07, 6.45) is 1.60. The Morgan fingerprint density at radius 1 is 1.13 bits per heavy atom. The second-order valence-electron chi connectivity index (χ2n) is 5.22. The second kappa shape index (κ2) is 9.22. The minimum atomic E-state index is -3.65. The number of anilines is 1. The van der Waals surface area contributed by atoms with E-state index in [1.54, 1.807) is 19.1 Å². The molecule has 1 amide bonds. The Balaban J connectivity index is 0.00000484. The fourth-order valence-corrected chi connectivity index (χ4v) is 3.59. The van der Waals surface area contributed by atoms with Gasteiger partial charge in [0.1, 0.15) is 0 Å². The van der Waals surface area contributed by atoms with Crippen molar-refractivity contribution in [2.24, 2.45) is 5.73 Å². The average molecular weight is 364 g/mol. The van der Waals surface area contributed by atoms with Crippen molar-refractivity contribution in [1.29, 1.82) is 0 Å². The van der Waals surface area contributed by atoms with Crippen molar-refractivity contribution in [1.82, 2.24) is 4.72 Å². The van der Waals surface area contributed by atoms with Gasteiger partial charge >= 0.3 is 0 Å². The smallest absolute Gasteiger partial charge is 0.241 e. The highest BCUT2D eigenvalue weighted by atomic mass is 35.5. The molecular formula is C15H26ClN3O3S. The fourth-order valence-electron chi connectivity index (χ4n) is 2.04. The van der Waals surface area contributed by atoms with Crippen molar-refractivity contribution in [3.63, 3.8) is 0 Å². The lowest BCUT2D eigenvalue weighted by atomic mass is 9.95. The number of nitrogens with two attached hydrogens (primary N) is 1. The van der Waals surface area contributed by atoms with Crippen LogP contribution in [0.3, 0.4) is 0 Å². The third-order valence-electron chi connectivity index (χ3n) is 3.86. The van der Waals surface area contributed by atoms with Crippen molar-refractivity contribution in [2.75, 3.05) is 11.9 Å². The van der Waals surface area contributed by atoms with Gasteiger partial charge in [0, 0.05) is 24.2 Å². The van der Waals surface area contributed by atoms with E-state index in [4.69, 9.17) is 5.73 Å². The predicted molar refractivity (Wildman–Crippen MR) is 95.3 cm³/mol. The quantitative estimate of drug-likeness (QED) is 0.659. The van der Waals surface area contributed by atoms with Gasteiger partial charge in [-0.3, -0.25) is 4.79 Å². The first kappa shape index (κ1) is 21.9. The maximum Gasteiger partial charge on any atom is 0.241 e. The largest absolute Gasteiger partial charge is 0.329 e. The lowest BCUT2D eigenvalue weighted by Crippen LogP contribution is -2.52. The molecule has 1 rings (SSSR count). The summed E-state index contributed by atoms with van der Waals surface area (Å²) in [6, 6.07) is 6.09. The second-order valence-corrected chi connectivity index (χ2v) is 6.91. The summed E-state index contributed by atoms with van der Waals surface area (Å²) in [5, 5.41) is 2.68. The Hall–Kier alpha value is -1.15. The van der Waals surface area contributed by atoms with Gasteiger partial charge in [-0.05, 0) is 37.1 Å². The number of hydrogen-bond acceptors (Lipinski definition) is 4. The van der Waals surface area contributed by atoms with Gasteiger partial charge in [0.2, 0.25) is 15.9 Å². The first-order chi connectivity index (χ1) is 10.3. The van der Waals surface area contributed by atoms with Crippen LogP contribution in [0.15, 0.2) is 29.2 Å². The van der Waals surface area contributed by atoms with E-state index in [0.29, 0.717) is 24.9 Å². The molecule has 0 heterocycles. The normalized spacial score (nSPS) is 11.7. The maximum absolute atomic E-state index is 12.5. The van der Waals surface area contributed by atoms with Crippen LogP contribution in [-0.4, -0.2) is 26.4 Å². The van der Waals surface area contributed by atoms with Crippen LogP contribution in [0.2, 0.25) is 0 Å². The SMILES string of the molecule is CCC(=O)Nc1ccc(S(=O)(=O)NC(CC)(CC)CN)cc1.Cl. The van der Waals surface area contributed by atoms with Gasteiger partial charge in [-0.1, -0.05) is 20.8 Å². The Morgan fingerprint density at radius 3 is 2.04 bits per heavy atom. The number of carbonyl (C=O) groups is 1. The highest BCUT2D eigenvalue weighted by molar-refractivity contribution is 7.89. The van der Waals surface area contributed by atoms with E-state index in [0.717, 1.165) is 0 Å². The summed E-state index contributed by atoms with van der Waals surface area (Å²) in [4.78, 5) is 11.5. The van der Waals surface area contributed by atoms with E-state index in [9.17, 15) is 13.2 Å². The molecule has 0 aliphatic carbocycles. The molecule has 4 N–H and O–H groups in total. The molecule has 0 aliphatic rings. The highest BCUT2D eigenvalue weighted by Gasteiger charge is 2.30. The zero-order valence-electron chi connectivity index (χ0n) is 13.8. The van der Waals surface area contributed by atoms with E-state index in [1.807, 2.05) is 13.8 Å². The van der Waals surface area contributed by atoms with Crippen molar-refractivity contribution >= 4 is 34.0 Å². The Labute approximate surface area is 144 Å². The molecule has 0 bridgehead atoms. The maximum atomic E-state index is 12.5. The summed E-state index contributed by atoms with van der Waals surface area (Å²) in [7, 11) is -3.65. The van der Waals surface area contributed by atoms with Gasteiger partial charge in [0.15, 0.2) is 0 Å². The Morgan fingerprint density at radius 2 is 1.65 bits per heavy atom. The number of halogens is 1. The number of benzene rings is 1. The molecule has 0 saturated heterocycles. The van der Waals surface area contributed by atoms with Crippen LogP contribution in [-0.2, 0) is 14.8 Å². The fraction of sp³-hybridized carbons (Fsp3) is 0.533. The van der Waals surface area contributed by atoms with Crippen LogP contribution < -0.4 is 15.8 Å². The van der Waals surface area contributed by atoms with Gasteiger partial charge < -0.3 is 11.1 Å².